The molecule has 0 saturated heterocycles. The lowest BCUT2D eigenvalue weighted by Gasteiger charge is -2.09. The van der Waals surface area contributed by atoms with Crippen molar-refractivity contribution in [1.82, 2.24) is 0 Å². The summed E-state index contributed by atoms with van der Waals surface area (Å²) in [6.45, 7) is 2.25. The van der Waals surface area contributed by atoms with Gasteiger partial charge >= 0.3 is 0 Å². The van der Waals surface area contributed by atoms with Crippen molar-refractivity contribution in [2.45, 2.75) is 25.8 Å². The lowest BCUT2D eigenvalue weighted by atomic mass is 9.98. The second-order valence-electron chi connectivity index (χ2n) is 4.49. The van der Waals surface area contributed by atoms with Crippen molar-refractivity contribution in [2.24, 2.45) is 11.1 Å². The second kappa shape index (κ2) is 3.28. The van der Waals surface area contributed by atoms with Gasteiger partial charge in [0, 0.05) is 6.04 Å². The lowest BCUT2D eigenvalue weighted by molar-refractivity contribution is 0.414. The molecule has 0 heterocycles. The minimum absolute atomic E-state index is 0.342. The number of methoxy groups -OCH3 is 1. The first-order valence-corrected chi connectivity index (χ1v) is 5.02. The first kappa shape index (κ1) is 9.53. The Labute approximate surface area is 85.1 Å². The van der Waals surface area contributed by atoms with Crippen LogP contribution >= 0.6 is 0 Å². The number of ether oxygens (including phenoxy) is 1. The molecule has 0 radical (unpaired) electrons. The molecular formula is C12H17NO. The van der Waals surface area contributed by atoms with Gasteiger partial charge in [0.2, 0.25) is 0 Å². The van der Waals surface area contributed by atoms with Gasteiger partial charge in [-0.15, -0.1) is 0 Å². The van der Waals surface area contributed by atoms with Crippen molar-refractivity contribution in [1.29, 1.82) is 0 Å². The van der Waals surface area contributed by atoms with E-state index in [1.165, 1.54) is 5.56 Å². The summed E-state index contributed by atoms with van der Waals surface area (Å²) in [7, 11) is 1.69. The summed E-state index contributed by atoms with van der Waals surface area (Å²) in [5.41, 5.74) is 7.57. The molecule has 0 spiro atoms. The minimum atomic E-state index is 0.342. The van der Waals surface area contributed by atoms with Gasteiger partial charge in [-0.25, -0.2) is 0 Å². The van der Waals surface area contributed by atoms with Gasteiger partial charge in [0.05, 0.1) is 7.11 Å². The van der Waals surface area contributed by atoms with E-state index in [0.29, 0.717) is 11.5 Å². The van der Waals surface area contributed by atoms with Crippen LogP contribution in [0.5, 0.6) is 5.75 Å². The predicted octanol–water partition coefficient (Wildman–Crippen LogP) is 1.97. The summed E-state index contributed by atoms with van der Waals surface area (Å²) in [4.78, 5) is 0. The molecule has 0 unspecified atom stereocenters. The summed E-state index contributed by atoms with van der Waals surface area (Å²) >= 11 is 0. The molecule has 1 aliphatic rings. The third-order valence-corrected chi connectivity index (χ3v) is 3.19. The van der Waals surface area contributed by atoms with Crippen LogP contribution in [0.15, 0.2) is 24.3 Å². The molecule has 2 rings (SSSR count). The van der Waals surface area contributed by atoms with Crippen LogP contribution in [0.25, 0.3) is 0 Å². The van der Waals surface area contributed by atoms with Gasteiger partial charge in [-0.3, -0.25) is 0 Å². The van der Waals surface area contributed by atoms with E-state index in [1.807, 2.05) is 12.1 Å². The average Bonchev–Trinajstić information content (AvgIpc) is 2.75. The Bertz CT molecular complexity index is 320. The third-order valence-electron chi connectivity index (χ3n) is 3.19. The molecule has 76 valence electrons. The Morgan fingerprint density at radius 2 is 2.00 bits per heavy atom. The van der Waals surface area contributed by atoms with Crippen molar-refractivity contribution >= 4 is 0 Å². The molecule has 0 aromatic heterocycles. The predicted molar refractivity (Wildman–Crippen MR) is 57.4 cm³/mol. The van der Waals surface area contributed by atoms with Gasteiger partial charge < -0.3 is 10.5 Å². The SMILES string of the molecule is COc1ccc(C[C@]2(C)C[C@H]2N)cc1. The topological polar surface area (TPSA) is 35.2 Å². The maximum absolute atomic E-state index is 5.88. The molecule has 0 aliphatic heterocycles. The smallest absolute Gasteiger partial charge is 0.118 e. The van der Waals surface area contributed by atoms with Gasteiger partial charge in [-0.1, -0.05) is 19.1 Å². The van der Waals surface area contributed by atoms with Crippen molar-refractivity contribution in [3.63, 3.8) is 0 Å². The maximum Gasteiger partial charge on any atom is 0.118 e. The molecular weight excluding hydrogens is 174 g/mol. The Hall–Kier alpha value is -1.02. The quantitative estimate of drug-likeness (QED) is 0.792. The fourth-order valence-corrected chi connectivity index (χ4v) is 1.86. The van der Waals surface area contributed by atoms with Crippen molar-refractivity contribution in [3.05, 3.63) is 29.8 Å². The fourth-order valence-electron chi connectivity index (χ4n) is 1.86. The highest BCUT2D eigenvalue weighted by atomic mass is 16.5. The van der Waals surface area contributed by atoms with Crippen LogP contribution in [-0.4, -0.2) is 13.2 Å². The number of nitrogens with two attached hydrogens (primary N) is 1. The van der Waals surface area contributed by atoms with E-state index >= 15 is 0 Å². The number of rotatable bonds is 3. The zero-order valence-electron chi connectivity index (χ0n) is 8.79. The first-order valence-electron chi connectivity index (χ1n) is 5.02. The average molecular weight is 191 g/mol. The van der Waals surface area contributed by atoms with Gasteiger partial charge in [0.1, 0.15) is 5.75 Å². The zero-order chi connectivity index (χ0) is 10.2. The van der Waals surface area contributed by atoms with Gasteiger partial charge in [-0.05, 0) is 36.0 Å². The van der Waals surface area contributed by atoms with Crippen LogP contribution in [0, 0.1) is 5.41 Å². The van der Waals surface area contributed by atoms with Crippen LogP contribution in [0.2, 0.25) is 0 Å². The van der Waals surface area contributed by atoms with E-state index < -0.39 is 0 Å². The summed E-state index contributed by atoms with van der Waals surface area (Å²) in [6.07, 6.45) is 2.23. The molecule has 1 aromatic rings. The molecule has 2 atom stereocenters. The maximum atomic E-state index is 5.88. The normalized spacial score (nSPS) is 30.1. The molecule has 2 heteroatoms. The molecule has 14 heavy (non-hydrogen) atoms. The number of hydrogen-bond donors (Lipinski definition) is 1. The third kappa shape index (κ3) is 1.75. The van der Waals surface area contributed by atoms with E-state index in [4.69, 9.17) is 10.5 Å². The Kier molecular flexibility index (Phi) is 2.23. The van der Waals surface area contributed by atoms with Gasteiger partial charge in [0.25, 0.3) is 0 Å². The molecule has 2 nitrogen and oxygen atoms in total. The largest absolute Gasteiger partial charge is 0.497 e. The summed E-state index contributed by atoms with van der Waals surface area (Å²) in [5, 5.41) is 0. The summed E-state index contributed by atoms with van der Waals surface area (Å²) < 4.78 is 5.11. The Morgan fingerprint density at radius 3 is 2.43 bits per heavy atom. The van der Waals surface area contributed by atoms with E-state index in [-0.39, 0.29) is 0 Å². The first-order chi connectivity index (χ1) is 6.64. The summed E-state index contributed by atoms with van der Waals surface area (Å²) in [6, 6.07) is 8.65. The number of hydrogen-bond acceptors (Lipinski definition) is 2. The standard InChI is InChI=1S/C12H17NO/c1-12(8-11(12)13)7-9-3-5-10(14-2)6-4-9/h3-6,11H,7-8,13H2,1-2H3/t11-,12-/m1/s1. The van der Waals surface area contributed by atoms with Crippen LogP contribution in [0.4, 0.5) is 0 Å². The highest BCUT2D eigenvalue weighted by Crippen LogP contribution is 2.46. The van der Waals surface area contributed by atoms with Gasteiger partial charge in [0.15, 0.2) is 0 Å². The van der Waals surface area contributed by atoms with E-state index in [0.717, 1.165) is 18.6 Å². The zero-order valence-corrected chi connectivity index (χ0v) is 8.79. The van der Waals surface area contributed by atoms with Crippen molar-refractivity contribution in [2.75, 3.05) is 7.11 Å². The molecule has 1 fully saturated rings. The molecule has 1 aliphatic carbocycles. The summed E-state index contributed by atoms with van der Waals surface area (Å²) in [5.74, 6) is 0.916. The molecule has 2 N–H and O–H groups in total. The van der Waals surface area contributed by atoms with Crippen molar-refractivity contribution in [3.8, 4) is 5.75 Å². The van der Waals surface area contributed by atoms with Crippen LogP contribution < -0.4 is 10.5 Å². The monoisotopic (exact) mass is 191 g/mol. The molecule has 1 aromatic carbocycles. The fraction of sp³-hybridized carbons (Fsp3) is 0.500. The number of benzene rings is 1. The highest BCUT2D eigenvalue weighted by Gasteiger charge is 2.46. The molecule has 0 amide bonds. The van der Waals surface area contributed by atoms with Crippen LogP contribution in [-0.2, 0) is 6.42 Å². The van der Waals surface area contributed by atoms with E-state index in [9.17, 15) is 0 Å². The van der Waals surface area contributed by atoms with Gasteiger partial charge in [-0.2, -0.15) is 0 Å². The Morgan fingerprint density at radius 1 is 1.43 bits per heavy atom. The van der Waals surface area contributed by atoms with Crippen molar-refractivity contribution < 1.29 is 4.74 Å². The molecule has 0 bridgehead atoms. The van der Waals surface area contributed by atoms with E-state index in [2.05, 4.69) is 19.1 Å². The van der Waals surface area contributed by atoms with Crippen LogP contribution in [0.3, 0.4) is 0 Å². The highest BCUT2D eigenvalue weighted by molar-refractivity contribution is 5.29. The minimum Gasteiger partial charge on any atom is -0.497 e. The molecule has 1 saturated carbocycles. The van der Waals surface area contributed by atoms with E-state index in [1.54, 1.807) is 7.11 Å². The Balaban J connectivity index is 2.04. The second-order valence-corrected chi connectivity index (χ2v) is 4.49. The lowest BCUT2D eigenvalue weighted by Crippen LogP contribution is -2.12. The van der Waals surface area contributed by atoms with Crippen LogP contribution in [0.1, 0.15) is 18.9 Å².